The fraction of sp³-hybridized carbons (Fsp3) is 0.844. The Labute approximate surface area is 252 Å². The molecule has 0 saturated carbocycles. The molecule has 0 aromatic rings. The molecule has 8 nitrogen and oxygen atoms in total. The van der Waals surface area contributed by atoms with E-state index in [1.807, 2.05) is 21.1 Å². The zero-order valence-corrected chi connectivity index (χ0v) is 27.9. The molecule has 0 spiro atoms. The van der Waals surface area contributed by atoms with E-state index in [4.69, 9.17) is 9.05 Å². The van der Waals surface area contributed by atoms with Crippen LogP contribution in [0.5, 0.6) is 0 Å². The molecule has 0 aromatic carbocycles. The lowest BCUT2D eigenvalue weighted by Gasteiger charge is -2.30. The molecule has 0 aliphatic rings. The number of aliphatic hydroxyl groups excluding tert-OH is 1. The number of nitrogens with one attached hydrogen (secondary N) is 1. The largest absolute Gasteiger partial charge is 0.756 e. The fourth-order valence-electron chi connectivity index (χ4n) is 4.24. The summed E-state index contributed by atoms with van der Waals surface area (Å²) in [4.78, 5) is 24.8. The zero-order valence-electron chi connectivity index (χ0n) is 27.0. The van der Waals surface area contributed by atoms with E-state index in [2.05, 4.69) is 43.5 Å². The SMILES string of the molecule is CCCCC/C=C\C/C=C\CCCCCCCC(=O)NC(COP(=O)([O-])OCC[N+](C)(C)C)C(O)CCCCCC. The Morgan fingerprint density at radius 3 is 2.05 bits per heavy atom. The molecule has 242 valence electrons. The first-order valence-electron chi connectivity index (χ1n) is 16.2. The van der Waals surface area contributed by atoms with E-state index in [1.165, 1.54) is 25.7 Å². The predicted molar refractivity (Wildman–Crippen MR) is 168 cm³/mol. The molecule has 0 rings (SSSR count). The van der Waals surface area contributed by atoms with Crippen molar-refractivity contribution < 1.29 is 32.9 Å². The molecule has 2 N–H and O–H groups in total. The van der Waals surface area contributed by atoms with Crippen LogP contribution in [0.3, 0.4) is 0 Å². The first kappa shape index (κ1) is 40.0. The summed E-state index contributed by atoms with van der Waals surface area (Å²) in [6, 6.07) is -0.800. The van der Waals surface area contributed by atoms with E-state index >= 15 is 0 Å². The minimum absolute atomic E-state index is 0.00764. The Kier molecular flexibility index (Phi) is 24.8. The molecule has 0 heterocycles. The van der Waals surface area contributed by atoms with Gasteiger partial charge in [-0.1, -0.05) is 95.9 Å². The third-order valence-corrected chi connectivity index (χ3v) is 7.91. The third kappa shape index (κ3) is 27.6. The molecule has 0 aromatic heterocycles. The number of carbonyl (C=O) groups excluding carboxylic acids is 1. The number of allylic oxidation sites excluding steroid dienone is 4. The Hall–Kier alpha value is -1.02. The van der Waals surface area contributed by atoms with Gasteiger partial charge in [-0.15, -0.1) is 0 Å². The number of rotatable bonds is 28. The molecule has 3 atom stereocenters. The Bertz CT molecular complexity index is 738. The quantitative estimate of drug-likeness (QED) is 0.0440. The van der Waals surface area contributed by atoms with Crippen LogP contribution in [0.1, 0.15) is 123 Å². The van der Waals surface area contributed by atoms with Crippen molar-refractivity contribution in [3.63, 3.8) is 0 Å². The topological polar surface area (TPSA) is 108 Å². The van der Waals surface area contributed by atoms with Crippen LogP contribution in [0.15, 0.2) is 24.3 Å². The average Bonchev–Trinajstić information content (AvgIpc) is 2.90. The lowest BCUT2D eigenvalue weighted by molar-refractivity contribution is -0.870. The van der Waals surface area contributed by atoms with Crippen molar-refractivity contribution >= 4 is 13.7 Å². The molecule has 0 aliphatic heterocycles. The number of likely N-dealkylation sites (N-methyl/N-ethyl adjacent to an activating group) is 1. The Morgan fingerprint density at radius 2 is 1.41 bits per heavy atom. The van der Waals surface area contributed by atoms with Crippen molar-refractivity contribution in [2.24, 2.45) is 0 Å². The monoisotopic (exact) mass is 602 g/mol. The van der Waals surface area contributed by atoms with Gasteiger partial charge in [0, 0.05) is 6.42 Å². The summed E-state index contributed by atoms with van der Waals surface area (Å²) in [6.45, 7) is 4.51. The summed E-state index contributed by atoms with van der Waals surface area (Å²) in [5.74, 6) is -0.191. The number of hydrogen-bond donors (Lipinski definition) is 2. The summed E-state index contributed by atoms with van der Waals surface area (Å²) in [5.41, 5.74) is 0. The van der Waals surface area contributed by atoms with Gasteiger partial charge in [0.1, 0.15) is 13.2 Å². The highest BCUT2D eigenvalue weighted by Crippen LogP contribution is 2.38. The lowest BCUT2D eigenvalue weighted by atomic mass is 10.0. The first-order valence-corrected chi connectivity index (χ1v) is 17.6. The van der Waals surface area contributed by atoms with Crippen molar-refractivity contribution in [2.75, 3.05) is 40.9 Å². The van der Waals surface area contributed by atoms with Gasteiger partial charge in [-0.3, -0.25) is 9.36 Å². The van der Waals surface area contributed by atoms with Gasteiger partial charge in [0.05, 0.1) is 39.9 Å². The lowest BCUT2D eigenvalue weighted by Crippen LogP contribution is -2.46. The molecule has 0 aliphatic carbocycles. The highest BCUT2D eigenvalue weighted by Gasteiger charge is 2.24. The molecule has 9 heteroatoms. The highest BCUT2D eigenvalue weighted by atomic mass is 31.2. The number of phosphoric acid groups is 1. The molecule has 41 heavy (non-hydrogen) atoms. The van der Waals surface area contributed by atoms with Crippen LogP contribution in [0, 0.1) is 0 Å². The van der Waals surface area contributed by atoms with Crippen molar-refractivity contribution in [1.82, 2.24) is 5.32 Å². The zero-order chi connectivity index (χ0) is 30.8. The van der Waals surface area contributed by atoms with E-state index in [9.17, 15) is 19.4 Å². The van der Waals surface area contributed by atoms with Gasteiger partial charge in [-0.25, -0.2) is 0 Å². The maximum atomic E-state index is 12.6. The summed E-state index contributed by atoms with van der Waals surface area (Å²) in [5, 5.41) is 13.5. The predicted octanol–water partition coefficient (Wildman–Crippen LogP) is 6.82. The van der Waals surface area contributed by atoms with Gasteiger partial charge in [0.2, 0.25) is 5.91 Å². The molecular formula is C32H63N2O6P. The second kappa shape index (κ2) is 25.5. The van der Waals surface area contributed by atoms with Gasteiger partial charge in [0.25, 0.3) is 7.82 Å². The smallest absolute Gasteiger partial charge is 0.268 e. The van der Waals surface area contributed by atoms with Crippen LogP contribution in [-0.4, -0.2) is 68.5 Å². The van der Waals surface area contributed by atoms with Gasteiger partial charge in [-0.2, -0.15) is 0 Å². The number of amides is 1. The number of phosphoric ester groups is 1. The molecule has 3 unspecified atom stereocenters. The van der Waals surface area contributed by atoms with Crippen molar-refractivity contribution in [3.05, 3.63) is 24.3 Å². The van der Waals surface area contributed by atoms with Crippen molar-refractivity contribution in [1.29, 1.82) is 0 Å². The highest BCUT2D eigenvalue weighted by molar-refractivity contribution is 7.45. The number of quaternary nitrogens is 1. The van der Waals surface area contributed by atoms with Crippen LogP contribution in [0.25, 0.3) is 0 Å². The maximum Gasteiger partial charge on any atom is 0.268 e. The summed E-state index contributed by atoms with van der Waals surface area (Å²) in [7, 11) is 1.28. The Morgan fingerprint density at radius 1 is 0.854 bits per heavy atom. The molecule has 0 fully saturated rings. The van der Waals surface area contributed by atoms with Gasteiger partial charge in [0.15, 0.2) is 0 Å². The van der Waals surface area contributed by atoms with Crippen molar-refractivity contribution in [3.8, 4) is 0 Å². The van der Waals surface area contributed by atoms with Crippen LogP contribution in [0.2, 0.25) is 0 Å². The first-order chi connectivity index (χ1) is 19.5. The van der Waals surface area contributed by atoms with E-state index in [0.717, 1.165) is 70.6 Å². The van der Waals surface area contributed by atoms with Crippen molar-refractivity contribution in [2.45, 2.75) is 135 Å². The van der Waals surface area contributed by atoms with Crippen LogP contribution in [0.4, 0.5) is 0 Å². The van der Waals surface area contributed by atoms with E-state index in [0.29, 0.717) is 23.9 Å². The van der Waals surface area contributed by atoms with Crippen LogP contribution < -0.4 is 10.2 Å². The molecular weight excluding hydrogens is 539 g/mol. The van der Waals surface area contributed by atoms with Gasteiger partial charge in [-0.05, 0) is 44.9 Å². The number of aliphatic hydroxyl groups is 1. The Balaban J connectivity index is 4.35. The number of hydrogen-bond acceptors (Lipinski definition) is 6. The third-order valence-electron chi connectivity index (χ3n) is 6.94. The number of unbranched alkanes of at least 4 members (excludes halogenated alkanes) is 11. The minimum atomic E-state index is -4.54. The molecule has 0 bridgehead atoms. The summed E-state index contributed by atoms with van der Waals surface area (Å²) < 4.78 is 22.8. The van der Waals surface area contributed by atoms with Crippen LogP contribution >= 0.6 is 7.82 Å². The second-order valence-corrected chi connectivity index (χ2v) is 13.6. The number of carbonyl (C=O) groups is 1. The van der Waals surface area contributed by atoms with Gasteiger partial charge >= 0.3 is 0 Å². The summed E-state index contributed by atoms with van der Waals surface area (Å²) >= 11 is 0. The molecule has 0 saturated heterocycles. The standard InChI is InChI=1S/C32H63N2O6P/c1-6-8-10-12-13-14-15-16-17-18-19-20-21-22-24-26-32(36)33-30(31(35)25-23-11-9-7-2)29-40-41(37,38)39-28-27-34(3,4)5/h13-14,16-17,30-31,35H,6-12,15,18-29H2,1-5H3,(H-,33,36,37,38)/b14-13-,17-16-. The van der Waals surface area contributed by atoms with E-state index < -0.39 is 20.0 Å². The van der Waals surface area contributed by atoms with E-state index in [-0.39, 0.29) is 19.1 Å². The molecule has 1 amide bonds. The van der Waals surface area contributed by atoms with Gasteiger partial charge < -0.3 is 28.8 Å². The van der Waals surface area contributed by atoms with E-state index in [1.54, 1.807) is 0 Å². The summed E-state index contributed by atoms with van der Waals surface area (Å²) in [6.07, 6.45) is 25.1. The number of nitrogens with zero attached hydrogens (tertiary/aromatic N) is 1. The fourth-order valence-corrected chi connectivity index (χ4v) is 4.96. The molecule has 0 radical (unpaired) electrons. The second-order valence-electron chi connectivity index (χ2n) is 12.2. The average molecular weight is 603 g/mol. The maximum absolute atomic E-state index is 12.6. The minimum Gasteiger partial charge on any atom is -0.756 e. The normalized spacial score (nSPS) is 15.4. The van der Waals surface area contributed by atoms with Crippen LogP contribution in [-0.2, 0) is 18.4 Å².